The third-order valence-corrected chi connectivity index (χ3v) is 6.96. The minimum Gasteiger partial charge on any atom is -0.493 e. The van der Waals surface area contributed by atoms with Gasteiger partial charge in [-0.3, -0.25) is 0 Å². The molecule has 1 aromatic carbocycles. The highest BCUT2D eigenvalue weighted by atomic mass is 79.9. The maximum absolute atomic E-state index is 12.5. The molecule has 0 unspecified atom stereocenters. The van der Waals surface area contributed by atoms with Gasteiger partial charge < -0.3 is 9.47 Å². The van der Waals surface area contributed by atoms with Crippen molar-refractivity contribution in [3.8, 4) is 11.5 Å². The highest BCUT2D eigenvalue weighted by Crippen LogP contribution is 2.31. The van der Waals surface area contributed by atoms with Crippen LogP contribution in [-0.2, 0) is 16.6 Å². The van der Waals surface area contributed by atoms with Crippen LogP contribution in [0.1, 0.15) is 5.56 Å². The summed E-state index contributed by atoms with van der Waals surface area (Å²) in [7, 11) is -0.871. The molecular formula is C14H14BrF2NO4S2. The van der Waals surface area contributed by atoms with Crippen molar-refractivity contribution in [3.63, 3.8) is 0 Å². The quantitative estimate of drug-likeness (QED) is 0.652. The van der Waals surface area contributed by atoms with Crippen molar-refractivity contribution in [1.29, 1.82) is 0 Å². The van der Waals surface area contributed by atoms with Crippen LogP contribution in [0.15, 0.2) is 38.3 Å². The van der Waals surface area contributed by atoms with Crippen LogP contribution in [0.2, 0.25) is 0 Å². The Bertz CT molecular complexity index is 811. The summed E-state index contributed by atoms with van der Waals surface area (Å²) in [4.78, 5) is 0. The molecule has 0 aliphatic rings. The van der Waals surface area contributed by atoms with Crippen LogP contribution < -0.4 is 9.47 Å². The molecule has 24 heavy (non-hydrogen) atoms. The molecule has 2 rings (SSSR count). The summed E-state index contributed by atoms with van der Waals surface area (Å²) < 4.78 is 61.1. The molecule has 2 aromatic rings. The number of ether oxygens (including phenoxy) is 2. The molecule has 0 atom stereocenters. The summed E-state index contributed by atoms with van der Waals surface area (Å²) in [5.41, 5.74) is 0.579. The van der Waals surface area contributed by atoms with Crippen LogP contribution in [-0.4, -0.2) is 33.5 Å². The lowest BCUT2D eigenvalue weighted by molar-refractivity contribution is -0.0512. The third kappa shape index (κ3) is 4.44. The van der Waals surface area contributed by atoms with Crippen LogP contribution in [0.25, 0.3) is 0 Å². The van der Waals surface area contributed by atoms with Gasteiger partial charge in [-0.15, -0.1) is 11.3 Å². The summed E-state index contributed by atoms with van der Waals surface area (Å²) in [6.45, 7) is -2.91. The predicted molar refractivity (Wildman–Crippen MR) is 90.3 cm³/mol. The molecule has 0 aliphatic carbocycles. The van der Waals surface area contributed by atoms with Crippen LogP contribution >= 0.6 is 27.3 Å². The highest BCUT2D eigenvalue weighted by molar-refractivity contribution is 9.11. The van der Waals surface area contributed by atoms with E-state index in [4.69, 9.17) is 4.74 Å². The van der Waals surface area contributed by atoms with Gasteiger partial charge in [0.25, 0.3) is 10.0 Å². The molecule has 0 saturated carbocycles. The van der Waals surface area contributed by atoms with Crippen LogP contribution in [0.5, 0.6) is 11.5 Å². The van der Waals surface area contributed by atoms with E-state index in [9.17, 15) is 17.2 Å². The Morgan fingerprint density at radius 3 is 2.50 bits per heavy atom. The molecule has 1 aromatic heterocycles. The number of halogens is 3. The van der Waals surface area contributed by atoms with Gasteiger partial charge in [0.05, 0.1) is 10.9 Å². The van der Waals surface area contributed by atoms with E-state index in [1.807, 2.05) is 0 Å². The molecule has 0 bridgehead atoms. The zero-order chi connectivity index (χ0) is 17.9. The van der Waals surface area contributed by atoms with Gasteiger partial charge in [-0.25, -0.2) is 8.42 Å². The number of benzene rings is 1. The Morgan fingerprint density at radius 1 is 1.25 bits per heavy atom. The molecule has 0 aliphatic heterocycles. The molecule has 0 saturated heterocycles. The average molecular weight is 442 g/mol. The van der Waals surface area contributed by atoms with Gasteiger partial charge in [0.1, 0.15) is 4.21 Å². The smallest absolute Gasteiger partial charge is 0.387 e. The number of methoxy groups -OCH3 is 1. The van der Waals surface area contributed by atoms with Crippen molar-refractivity contribution in [2.24, 2.45) is 0 Å². The molecule has 0 amide bonds. The molecular weight excluding hydrogens is 428 g/mol. The maximum Gasteiger partial charge on any atom is 0.387 e. The average Bonchev–Trinajstić information content (AvgIpc) is 2.95. The molecule has 132 valence electrons. The second-order valence-electron chi connectivity index (χ2n) is 4.68. The first-order valence-electron chi connectivity index (χ1n) is 6.57. The molecule has 0 fully saturated rings. The molecule has 0 radical (unpaired) electrons. The van der Waals surface area contributed by atoms with E-state index in [1.54, 1.807) is 6.07 Å². The van der Waals surface area contributed by atoms with Crippen molar-refractivity contribution in [2.45, 2.75) is 17.4 Å². The number of alkyl halides is 2. The molecule has 0 spiro atoms. The Balaban J connectivity index is 2.21. The van der Waals surface area contributed by atoms with E-state index in [0.717, 1.165) is 11.3 Å². The summed E-state index contributed by atoms with van der Waals surface area (Å²) in [6.07, 6.45) is 0. The van der Waals surface area contributed by atoms with Gasteiger partial charge >= 0.3 is 6.61 Å². The van der Waals surface area contributed by atoms with Crippen LogP contribution in [0.4, 0.5) is 8.78 Å². The topological polar surface area (TPSA) is 55.8 Å². The predicted octanol–water partition coefficient (Wildman–Crippen LogP) is 3.94. The minimum absolute atomic E-state index is 0.0587. The van der Waals surface area contributed by atoms with Gasteiger partial charge in [0.15, 0.2) is 11.5 Å². The number of rotatable bonds is 7. The monoisotopic (exact) mass is 441 g/mol. The lowest BCUT2D eigenvalue weighted by atomic mass is 10.2. The largest absolute Gasteiger partial charge is 0.493 e. The van der Waals surface area contributed by atoms with E-state index in [-0.39, 0.29) is 22.3 Å². The van der Waals surface area contributed by atoms with Crippen LogP contribution in [0, 0.1) is 0 Å². The number of hydrogen-bond donors (Lipinski definition) is 0. The van der Waals surface area contributed by atoms with Crippen molar-refractivity contribution >= 4 is 37.3 Å². The summed E-state index contributed by atoms with van der Waals surface area (Å²) in [5.74, 6) is 0.00131. The fourth-order valence-corrected chi connectivity index (χ4v) is 5.32. The van der Waals surface area contributed by atoms with Crippen molar-refractivity contribution < 1.29 is 26.7 Å². The van der Waals surface area contributed by atoms with Crippen molar-refractivity contribution in [1.82, 2.24) is 4.31 Å². The molecule has 1 heterocycles. The van der Waals surface area contributed by atoms with E-state index >= 15 is 0 Å². The fraction of sp³-hybridized carbons (Fsp3) is 0.286. The zero-order valence-corrected chi connectivity index (χ0v) is 15.9. The fourth-order valence-electron chi connectivity index (χ4n) is 1.94. The Hall–Kier alpha value is -1.23. The first-order chi connectivity index (χ1) is 11.2. The normalized spacial score (nSPS) is 12.0. The summed E-state index contributed by atoms with van der Waals surface area (Å²) >= 11 is 4.34. The van der Waals surface area contributed by atoms with E-state index in [1.165, 1.54) is 42.7 Å². The van der Waals surface area contributed by atoms with Crippen LogP contribution in [0.3, 0.4) is 0 Å². The number of hydrogen-bond acceptors (Lipinski definition) is 5. The lowest BCUT2D eigenvalue weighted by Crippen LogP contribution is -2.25. The molecule has 5 nitrogen and oxygen atoms in total. The van der Waals surface area contributed by atoms with Gasteiger partial charge in [0, 0.05) is 13.6 Å². The highest BCUT2D eigenvalue weighted by Gasteiger charge is 2.23. The van der Waals surface area contributed by atoms with E-state index in [2.05, 4.69) is 20.7 Å². The second-order valence-corrected chi connectivity index (χ2v) is 9.42. The minimum atomic E-state index is -3.64. The Kier molecular flexibility index (Phi) is 6.18. The number of nitrogens with zero attached hydrogens (tertiary/aromatic N) is 1. The van der Waals surface area contributed by atoms with Gasteiger partial charge in [-0.05, 0) is 45.8 Å². The second kappa shape index (κ2) is 7.77. The summed E-state index contributed by atoms with van der Waals surface area (Å²) in [5, 5.41) is 0. The van der Waals surface area contributed by atoms with Gasteiger partial charge in [-0.1, -0.05) is 6.07 Å². The SMILES string of the molecule is COc1cc(CN(C)S(=O)(=O)c2ccc(Br)s2)ccc1OC(F)F. The van der Waals surface area contributed by atoms with E-state index < -0.39 is 16.6 Å². The van der Waals surface area contributed by atoms with E-state index in [0.29, 0.717) is 9.35 Å². The first-order valence-corrected chi connectivity index (χ1v) is 9.62. The number of thiophene rings is 1. The molecule has 0 N–H and O–H groups in total. The number of sulfonamides is 1. The maximum atomic E-state index is 12.5. The standard InChI is InChI=1S/C14H14BrF2NO4S2/c1-18(24(19,20)13-6-5-12(15)23-13)8-9-3-4-10(22-14(16)17)11(7-9)21-2/h3-7,14H,8H2,1-2H3. The zero-order valence-electron chi connectivity index (χ0n) is 12.7. The third-order valence-electron chi connectivity index (χ3n) is 3.06. The summed E-state index contributed by atoms with van der Waals surface area (Å²) in [6, 6.07) is 7.47. The Morgan fingerprint density at radius 2 is 1.96 bits per heavy atom. The van der Waals surface area contributed by atoms with Gasteiger partial charge in [-0.2, -0.15) is 13.1 Å². The first kappa shape index (κ1) is 19.1. The van der Waals surface area contributed by atoms with Gasteiger partial charge in [0.2, 0.25) is 0 Å². The van der Waals surface area contributed by atoms with Crippen molar-refractivity contribution in [2.75, 3.05) is 14.2 Å². The lowest BCUT2D eigenvalue weighted by Gasteiger charge is -2.17. The molecule has 10 heteroatoms. The van der Waals surface area contributed by atoms with Crippen molar-refractivity contribution in [3.05, 3.63) is 39.7 Å². The Labute approximate surface area is 151 Å².